The van der Waals surface area contributed by atoms with Crippen LogP contribution in [0.5, 0.6) is 11.5 Å². The topological polar surface area (TPSA) is 44.8 Å². The SMILES string of the molecule is O=C(OCc1ccccc1Cl)[C@@H]1COc2ccccc2O1. The zero-order chi connectivity index (χ0) is 14.7. The number of carbonyl (C=O) groups excluding carboxylic acids is 1. The summed E-state index contributed by atoms with van der Waals surface area (Å²) in [6.07, 6.45) is -0.762. The van der Waals surface area contributed by atoms with Gasteiger partial charge in [0.25, 0.3) is 0 Å². The number of hydrogen-bond donors (Lipinski definition) is 0. The molecular formula is C16H13ClO4. The predicted molar refractivity (Wildman–Crippen MR) is 77.6 cm³/mol. The summed E-state index contributed by atoms with van der Waals surface area (Å²) in [5.74, 6) is 0.709. The summed E-state index contributed by atoms with van der Waals surface area (Å²) in [5, 5.41) is 0.566. The van der Waals surface area contributed by atoms with Crippen molar-refractivity contribution in [1.82, 2.24) is 0 Å². The number of para-hydroxylation sites is 2. The van der Waals surface area contributed by atoms with Crippen LogP contribution in [0.15, 0.2) is 48.5 Å². The Balaban J connectivity index is 1.61. The van der Waals surface area contributed by atoms with Crippen molar-refractivity contribution in [2.75, 3.05) is 6.61 Å². The first kappa shape index (κ1) is 13.8. The Bertz CT molecular complexity index is 656. The number of ether oxygens (including phenoxy) is 3. The molecule has 5 heteroatoms. The van der Waals surface area contributed by atoms with Crippen LogP contribution >= 0.6 is 11.6 Å². The Morgan fingerprint density at radius 3 is 2.67 bits per heavy atom. The van der Waals surface area contributed by atoms with Crippen molar-refractivity contribution in [1.29, 1.82) is 0 Å². The zero-order valence-electron chi connectivity index (χ0n) is 11.1. The van der Waals surface area contributed by atoms with E-state index in [9.17, 15) is 4.79 Å². The van der Waals surface area contributed by atoms with Gasteiger partial charge < -0.3 is 14.2 Å². The lowest BCUT2D eigenvalue weighted by atomic mass is 10.2. The minimum atomic E-state index is -0.762. The molecule has 0 spiro atoms. The van der Waals surface area contributed by atoms with Gasteiger partial charge in [0.2, 0.25) is 6.10 Å². The molecule has 2 aromatic rings. The lowest BCUT2D eigenvalue weighted by molar-refractivity contribution is -0.155. The van der Waals surface area contributed by atoms with Crippen molar-refractivity contribution in [3.63, 3.8) is 0 Å². The van der Waals surface area contributed by atoms with E-state index in [1.54, 1.807) is 18.2 Å². The van der Waals surface area contributed by atoms with E-state index in [1.165, 1.54) is 0 Å². The molecule has 0 saturated heterocycles. The van der Waals surface area contributed by atoms with Gasteiger partial charge in [-0.25, -0.2) is 4.79 Å². The minimum absolute atomic E-state index is 0.111. The van der Waals surface area contributed by atoms with E-state index in [-0.39, 0.29) is 13.2 Å². The molecular weight excluding hydrogens is 292 g/mol. The molecule has 1 aliphatic rings. The average Bonchev–Trinajstić information content (AvgIpc) is 2.53. The first-order valence-corrected chi connectivity index (χ1v) is 6.90. The second-order valence-electron chi connectivity index (χ2n) is 4.56. The highest BCUT2D eigenvalue weighted by Crippen LogP contribution is 2.31. The minimum Gasteiger partial charge on any atom is -0.485 e. The van der Waals surface area contributed by atoms with Gasteiger partial charge in [0.05, 0.1) is 0 Å². The molecule has 0 N–H and O–H groups in total. The highest BCUT2D eigenvalue weighted by molar-refractivity contribution is 6.31. The van der Waals surface area contributed by atoms with E-state index in [1.807, 2.05) is 30.3 Å². The molecule has 4 nitrogen and oxygen atoms in total. The van der Waals surface area contributed by atoms with Crippen LogP contribution in [-0.2, 0) is 16.1 Å². The fourth-order valence-corrected chi connectivity index (χ4v) is 2.18. The fraction of sp³-hybridized carbons (Fsp3) is 0.188. The number of fused-ring (bicyclic) bond motifs is 1. The Morgan fingerprint density at radius 2 is 1.86 bits per heavy atom. The Labute approximate surface area is 127 Å². The van der Waals surface area contributed by atoms with E-state index in [2.05, 4.69) is 0 Å². The molecule has 1 heterocycles. The second-order valence-corrected chi connectivity index (χ2v) is 4.97. The molecule has 0 bridgehead atoms. The number of hydrogen-bond acceptors (Lipinski definition) is 4. The van der Waals surface area contributed by atoms with Crippen molar-refractivity contribution in [3.8, 4) is 11.5 Å². The molecule has 0 unspecified atom stereocenters. The number of carbonyl (C=O) groups is 1. The van der Waals surface area contributed by atoms with Gasteiger partial charge in [0.15, 0.2) is 11.5 Å². The van der Waals surface area contributed by atoms with Gasteiger partial charge >= 0.3 is 5.97 Å². The third-order valence-electron chi connectivity index (χ3n) is 3.10. The largest absolute Gasteiger partial charge is 0.485 e. The monoisotopic (exact) mass is 304 g/mol. The van der Waals surface area contributed by atoms with Crippen LogP contribution in [0.25, 0.3) is 0 Å². The second kappa shape index (κ2) is 6.06. The Morgan fingerprint density at radius 1 is 1.14 bits per heavy atom. The van der Waals surface area contributed by atoms with Gasteiger partial charge in [-0.1, -0.05) is 41.9 Å². The van der Waals surface area contributed by atoms with E-state index in [0.717, 1.165) is 5.56 Å². The van der Waals surface area contributed by atoms with Crippen molar-refractivity contribution in [2.24, 2.45) is 0 Å². The van der Waals surface area contributed by atoms with Crippen LogP contribution in [0.3, 0.4) is 0 Å². The lowest BCUT2D eigenvalue weighted by Gasteiger charge is -2.24. The van der Waals surface area contributed by atoms with Gasteiger partial charge in [-0.05, 0) is 18.2 Å². The summed E-state index contributed by atoms with van der Waals surface area (Å²) in [7, 11) is 0. The molecule has 0 amide bonds. The van der Waals surface area contributed by atoms with Gasteiger partial charge in [-0.2, -0.15) is 0 Å². The van der Waals surface area contributed by atoms with E-state index >= 15 is 0 Å². The molecule has 0 aliphatic carbocycles. The molecule has 0 fully saturated rings. The van der Waals surface area contributed by atoms with Crippen LogP contribution in [0.2, 0.25) is 5.02 Å². The zero-order valence-corrected chi connectivity index (χ0v) is 11.9. The molecule has 1 aliphatic heterocycles. The van der Waals surface area contributed by atoms with Crippen LogP contribution in [0, 0.1) is 0 Å². The molecule has 0 radical (unpaired) electrons. The number of esters is 1. The van der Waals surface area contributed by atoms with Crippen LogP contribution in [-0.4, -0.2) is 18.7 Å². The van der Waals surface area contributed by atoms with Gasteiger partial charge in [0, 0.05) is 10.6 Å². The van der Waals surface area contributed by atoms with Crippen molar-refractivity contribution >= 4 is 17.6 Å². The third-order valence-corrected chi connectivity index (χ3v) is 3.47. The summed E-state index contributed by atoms with van der Waals surface area (Å²) < 4.78 is 16.3. The predicted octanol–water partition coefficient (Wildman–Crippen LogP) is 3.22. The smallest absolute Gasteiger partial charge is 0.351 e. The van der Waals surface area contributed by atoms with Crippen molar-refractivity contribution in [2.45, 2.75) is 12.7 Å². The summed E-state index contributed by atoms with van der Waals surface area (Å²) >= 11 is 6.01. The van der Waals surface area contributed by atoms with Gasteiger partial charge in [-0.3, -0.25) is 0 Å². The maximum Gasteiger partial charge on any atom is 0.351 e. The number of halogens is 1. The van der Waals surface area contributed by atoms with Gasteiger partial charge in [-0.15, -0.1) is 0 Å². The molecule has 21 heavy (non-hydrogen) atoms. The third kappa shape index (κ3) is 3.11. The Kier molecular flexibility index (Phi) is 3.97. The van der Waals surface area contributed by atoms with E-state index in [0.29, 0.717) is 16.5 Å². The summed E-state index contributed by atoms with van der Waals surface area (Å²) in [4.78, 5) is 12.0. The van der Waals surface area contributed by atoms with E-state index in [4.69, 9.17) is 25.8 Å². The lowest BCUT2D eigenvalue weighted by Crippen LogP contribution is -2.37. The first-order valence-electron chi connectivity index (χ1n) is 6.52. The molecule has 0 saturated carbocycles. The number of benzene rings is 2. The summed E-state index contributed by atoms with van der Waals surface area (Å²) in [5.41, 5.74) is 0.754. The first-order chi connectivity index (χ1) is 10.2. The van der Waals surface area contributed by atoms with Crippen LogP contribution in [0.4, 0.5) is 0 Å². The van der Waals surface area contributed by atoms with E-state index < -0.39 is 12.1 Å². The highest BCUT2D eigenvalue weighted by Gasteiger charge is 2.28. The quantitative estimate of drug-likeness (QED) is 0.817. The average molecular weight is 305 g/mol. The molecule has 3 rings (SSSR count). The summed E-state index contributed by atoms with van der Waals surface area (Å²) in [6.45, 7) is 0.248. The fourth-order valence-electron chi connectivity index (χ4n) is 1.99. The van der Waals surface area contributed by atoms with Crippen LogP contribution < -0.4 is 9.47 Å². The number of rotatable bonds is 3. The highest BCUT2D eigenvalue weighted by atomic mass is 35.5. The standard InChI is InChI=1S/C16H13ClO4/c17-12-6-2-1-5-11(12)9-20-16(18)15-10-19-13-7-3-4-8-14(13)21-15/h1-8,15H,9-10H2/t15-/m0/s1. The maximum atomic E-state index is 12.0. The van der Waals surface area contributed by atoms with Crippen molar-refractivity contribution in [3.05, 3.63) is 59.1 Å². The maximum absolute atomic E-state index is 12.0. The van der Waals surface area contributed by atoms with Gasteiger partial charge in [0.1, 0.15) is 13.2 Å². The molecule has 0 aromatic heterocycles. The van der Waals surface area contributed by atoms with Crippen LogP contribution in [0.1, 0.15) is 5.56 Å². The van der Waals surface area contributed by atoms with Crippen molar-refractivity contribution < 1.29 is 19.0 Å². The molecule has 1 atom stereocenters. The Hall–Kier alpha value is -2.20. The molecule has 2 aromatic carbocycles. The normalized spacial score (nSPS) is 16.3. The summed E-state index contributed by atoms with van der Waals surface area (Å²) in [6, 6.07) is 14.4. The molecule has 108 valence electrons.